The van der Waals surface area contributed by atoms with E-state index in [0.29, 0.717) is 6.04 Å². The molecule has 19 heavy (non-hydrogen) atoms. The maximum absolute atomic E-state index is 4.72. The van der Waals surface area contributed by atoms with Crippen LogP contribution in [0.2, 0.25) is 0 Å². The van der Waals surface area contributed by atoms with Gasteiger partial charge in [0, 0.05) is 12.6 Å². The van der Waals surface area contributed by atoms with Gasteiger partial charge in [0.05, 0.1) is 41.4 Å². The number of nitrogens with one attached hydrogen (secondary N) is 1. The predicted molar refractivity (Wildman–Crippen MR) is 75.1 cm³/mol. The number of hydrogen-bond acceptors (Lipinski definition) is 5. The molecule has 1 N–H and O–H groups in total. The fourth-order valence-corrected chi connectivity index (χ4v) is 3.22. The minimum atomic E-state index is 0.200. The first-order valence-electron chi connectivity index (χ1n) is 6.85. The summed E-state index contributed by atoms with van der Waals surface area (Å²) >= 11 is 1.25. The van der Waals surface area contributed by atoms with Crippen molar-refractivity contribution in [1.82, 2.24) is 23.8 Å². The van der Waals surface area contributed by atoms with Gasteiger partial charge < -0.3 is 5.32 Å². The van der Waals surface area contributed by atoms with Crippen LogP contribution in [0.3, 0.4) is 0 Å². The summed E-state index contributed by atoms with van der Waals surface area (Å²) in [4.78, 5) is 0. The summed E-state index contributed by atoms with van der Waals surface area (Å²) in [5.74, 6) is 0. The molecular weight excluding hydrogens is 258 g/mol. The lowest BCUT2D eigenvalue weighted by Gasteiger charge is -2.12. The lowest BCUT2D eigenvalue weighted by molar-refractivity contribution is 0.458. The largest absolute Gasteiger partial charge is 0.311 e. The minimum absolute atomic E-state index is 0.200. The van der Waals surface area contributed by atoms with Crippen molar-refractivity contribution >= 4 is 11.7 Å². The van der Waals surface area contributed by atoms with Gasteiger partial charge in [-0.15, -0.1) is 0 Å². The number of rotatable bonds is 5. The van der Waals surface area contributed by atoms with Gasteiger partial charge in [-0.05, 0) is 26.0 Å². The second-order valence-corrected chi connectivity index (χ2v) is 5.66. The van der Waals surface area contributed by atoms with Crippen molar-refractivity contribution in [1.29, 1.82) is 0 Å². The van der Waals surface area contributed by atoms with E-state index in [0.717, 1.165) is 17.8 Å². The Morgan fingerprint density at radius 3 is 3.00 bits per heavy atom. The van der Waals surface area contributed by atoms with Gasteiger partial charge in [-0.2, -0.15) is 13.8 Å². The number of likely N-dealkylation sites (N-methyl/N-ethyl adjacent to an activating group) is 1. The number of nitrogens with zero attached hydrogens (tertiary/aromatic N) is 4. The normalized spacial score (nSPS) is 17.9. The van der Waals surface area contributed by atoms with Crippen LogP contribution in [0, 0.1) is 0 Å². The average molecular weight is 277 g/mol. The second-order valence-electron chi connectivity index (χ2n) is 5.10. The fraction of sp³-hybridized carbons (Fsp3) is 0.615. The van der Waals surface area contributed by atoms with Gasteiger partial charge in [0.25, 0.3) is 0 Å². The van der Waals surface area contributed by atoms with Crippen LogP contribution in [0.25, 0.3) is 0 Å². The van der Waals surface area contributed by atoms with E-state index in [4.69, 9.17) is 5.10 Å². The zero-order valence-electron chi connectivity index (χ0n) is 11.1. The highest BCUT2D eigenvalue weighted by Crippen LogP contribution is 2.29. The number of aromatic nitrogens is 4. The molecule has 3 rings (SSSR count). The van der Waals surface area contributed by atoms with E-state index in [-0.39, 0.29) is 6.04 Å². The van der Waals surface area contributed by atoms with Gasteiger partial charge in [-0.3, -0.25) is 4.68 Å². The zero-order valence-corrected chi connectivity index (χ0v) is 11.9. The smallest absolute Gasteiger partial charge is 0.0916 e. The fourth-order valence-electron chi connectivity index (χ4n) is 2.75. The Kier molecular flexibility index (Phi) is 3.89. The summed E-state index contributed by atoms with van der Waals surface area (Å²) in [5.41, 5.74) is 2.13. The van der Waals surface area contributed by atoms with Crippen molar-refractivity contribution in [2.45, 2.75) is 44.2 Å². The Balaban J connectivity index is 1.69. The molecule has 102 valence electrons. The van der Waals surface area contributed by atoms with Crippen molar-refractivity contribution in [3.8, 4) is 0 Å². The molecule has 2 heterocycles. The van der Waals surface area contributed by atoms with Crippen LogP contribution in [0.4, 0.5) is 0 Å². The molecule has 0 aliphatic heterocycles. The maximum Gasteiger partial charge on any atom is 0.0916 e. The van der Waals surface area contributed by atoms with Crippen LogP contribution in [0.5, 0.6) is 0 Å². The van der Waals surface area contributed by atoms with Gasteiger partial charge >= 0.3 is 0 Å². The lowest BCUT2D eigenvalue weighted by atomic mass is 10.1. The standard InChI is InChI=1S/C13H19N5S/c1-14-12(13-9-15-19-17-13)8-10-6-7-18(16-10)11-4-2-3-5-11/h6-7,9,11-12,14H,2-5,8H2,1H3. The summed E-state index contributed by atoms with van der Waals surface area (Å²) < 4.78 is 10.5. The molecule has 2 aromatic heterocycles. The molecule has 2 aromatic rings. The molecule has 0 bridgehead atoms. The van der Waals surface area contributed by atoms with Crippen molar-refractivity contribution in [2.75, 3.05) is 7.05 Å². The highest BCUT2D eigenvalue weighted by Gasteiger charge is 2.19. The molecule has 0 spiro atoms. The van der Waals surface area contributed by atoms with E-state index in [1.54, 1.807) is 0 Å². The lowest BCUT2D eigenvalue weighted by Crippen LogP contribution is -2.19. The third-order valence-electron chi connectivity index (χ3n) is 3.86. The Morgan fingerprint density at radius 2 is 2.32 bits per heavy atom. The van der Waals surface area contributed by atoms with E-state index in [1.807, 2.05) is 13.2 Å². The Morgan fingerprint density at radius 1 is 1.47 bits per heavy atom. The Labute approximate surface area is 117 Å². The van der Waals surface area contributed by atoms with Gasteiger partial charge in [-0.1, -0.05) is 12.8 Å². The summed E-state index contributed by atoms with van der Waals surface area (Å²) in [6, 6.07) is 2.94. The molecule has 0 amide bonds. The minimum Gasteiger partial charge on any atom is -0.311 e. The van der Waals surface area contributed by atoms with Crippen molar-refractivity contribution in [2.24, 2.45) is 0 Å². The predicted octanol–water partition coefficient (Wildman–Crippen LogP) is 2.35. The van der Waals surface area contributed by atoms with Crippen LogP contribution in [-0.2, 0) is 6.42 Å². The quantitative estimate of drug-likeness (QED) is 0.911. The van der Waals surface area contributed by atoms with E-state index in [9.17, 15) is 0 Å². The van der Waals surface area contributed by atoms with Gasteiger partial charge in [0.2, 0.25) is 0 Å². The molecule has 0 aromatic carbocycles. The van der Waals surface area contributed by atoms with Crippen LogP contribution >= 0.6 is 11.7 Å². The Bertz CT molecular complexity index is 501. The van der Waals surface area contributed by atoms with Crippen molar-refractivity contribution in [3.63, 3.8) is 0 Å². The Hall–Kier alpha value is -1.27. The van der Waals surface area contributed by atoms with Crippen LogP contribution in [-0.4, -0.2) is 25.6 Å². The number of hydrogen-bond donors (Lipinski definition) is 1. The van der Waals surface area contributed by atoms with Crippen LogP contribution in [0.15, 0.2) is 18.5 Å². The van der Waals surface area contributed by atoms with Crippen LogP contribution in [0.1, 0.15) is 49.2 Å². The summed E-state index contributed by atoms with van der Waals surface area (Å²) in [5, 5.41) is 8.01. The molecule has 1 saturated carbocycles. The molecule has 1 aliphatic carbocycles. The zero-order chi connectivity index (χ0) is 13.1. The highest BCUT2D eigenvalue weighted by molar-refractivity contribution is 6.99. The van der Waals surface area contributed by atoms with Crippen molar-refractivity contribution < 1.29 is 0 Å². The van der Waals surface area contributed by atoms with E-state index in [1.165, 1.54) is 37.4 Å². The highest BCUT2D eigenvalue weighted by atomic mass is 32.1. The third kappa shape index (κ3) is 2.84. The molecular formula is C13H19N5S. The van der Waals surface area contributed by atoms with E-state index < -0.39 is 0 Å². The first-order chi connectivity index (χ1) is 9.36. The molecule has 1 atom stereocenters. The summed E-state index contributed by atoms with van der Waals surface area (Å²) in [6.07, 6.45) is 10.0. The third-order valence-corrected chi connectivity index (χ3v) is 4.35. The summed E-state index contributed by atoms with van der Waals surface area (Å²) in [6.45, 7) is 0. The molecule has 0 saturated heterocycles. The first kappa shape index (κ1) is 12.7. The van der Waals surface area contributed by atoms with E-state index in [2.05, 4.69) is 31.0 Å². The van der Waals surface area contributed by atoms with E-state index >= 15 is 0 Å². The molecule has 5 nitrogen and oxygen atoms in total. The topological polar surface area (TPSA) is 55.6 Å². The van der Waals surface area contributed by atoms with Gasteiger partial charge in [0.1, 0.15) is 0 Å². The van der Waals surface area contributed by atoms with Gasteiger partial charge in [-0.25, -0.2) is 0 Å². The average Bonchev–Trinajstić information content (AvgIpc) is 3.15. The molecule has 6 heteroatoms. The molecule has 1 aliphatic rings. The maximum atomic E-state index is 4.72. The molecule has 1 unspecified atom stereocenters. The monoisotopic (exact) mass is 277 g/mol. The molecule has 0 radical (unpaired) electrons. The second kappa shape index (κ2) is 5.79. The summed E-state index contributed by atoms with van der Waals surface area (Å²) in [7, 11) is 1.96. The van der Waals surface area contributed by atoms with Crippen LogP contribution < -0.4 is 5.32 Å². The SMILES string of the molecule is CNC(Cc1ccn(C2CCCC2)n1)c1cnsn1. The molecule has 1 fully saturated rings. The van der Waals surface area contributed by atoms with Crippen molar-refractivity contribution in [3.05, 3.63) is 29.8 Å². The van der Waals surface area contributed by atoms with Gasteiger partial charge in [0.15, 0.2) is 0 Å². The first-order valence-corrected chi connectivity index (χ1v) is 7.58.